The van der Waals surface area contributed by atoms with Crippen molar-refractivity contribution in [3.63, 3.8) is 0 Å². The summed E-state index contributed by atoms with van der Waals surface area (Å²) in [5.41, 5.74) is 5.02. The Kier molecular flexibility index (Phi) is 5.63. The third-order valence-electron chi connectivity index (χ3n) is 4.95. The van der Waals surface area contributed by atoms with Gasteiger partial charge in [0.1, 0.15) is 5.82 Å². The van der Waals surface area contributed by atoms with Crippen molar-refractivity contribution >= 4 is 28.5 Å². The number of aryl methyl sites for hydroxylation is 1. The lowest BCUT2D eigenvalue weighted by molar-refractivity contribution is 0.0954. The number of benzene rings is 3. The summed E-state index contributed by atoms with van der Waals surface area (Å²) in [7, 11) is 0. The van der Waals surface area contributed by atoms with Crippen molar-refractivity contribution in [1.29, 1.82) is 0 Å². The van der Waals surface area contributed by atoms with Crippen LogP contribution in [0.3, 0.4) is 0 Å². The number of nitrogens with zero attached hydrogens (tertiary/aromatic N) is 2. The summed E-state index contributed by atoms with van der Waals surface area (Å²) < 4.78 is 2.22. The first-order valence-corrected chi connectivity index (χ1v) is 10.0. The van der Waals surface area contributed by atoms with Crippen molar-refractivity contribution in [2.45, 2.75) is 19.9 Å². The molecule has 0 bridgehead atoms. The van der Waals surface area contributed by atoms with Gasteiger partial charge in [0.05, 0.1) is 21.6 Å². The summed E-state index contributed by atoms with van der Waals surface area (Å²) in [6.07, 6.45) is 0.636. The van der Waals surface area contributed by atoms with Gasteiger partial charge in [-0.15, -0.1) is 0 Å². The number of hydrogen-bond acceptors (Lipinski definition) is 2. The van der Waals surface area contributed by atoms with Gasteiger partial charge in [0, 0.05) is 19.5 Å². The second kappa shape index (κ2) is 8.50. The predicted octanol–water partition coefficient (Wildman–Crippen LogP) is 5.02. The van der Waals surface area contributed by atoms with E-state index in [0.29, 0.717) is 23.6 Å². The third kappa shape index (κ3) is 4.33. The van der Waals surface area contributed by atoms with E-state index >= 15 is 0 Å². The van der Waals surface area contributed by atoms with Gasteiger partial charge in [-0.2, -0.15) is 0 Å². The van der Waals surface area contributed by atoms with Gasteiger partial charge in [-0.05, 0) is 36.8 Å². The maximum absolute atomic E-state index is 12.4. The van der Waals surface area contributed by atoms with E-state index in [1.165, 1.54) is 11.1 Å². The summed E-state index contributed by atoms with van der Waals surface area (Å²) in [6.45, 7) is 3.32. The zero-order valence-electron chi connectivity index (χ0n) is 16.2. The zero-order chi connectivity index (χ0) is 20.2. The van der Waals surface area contributed by atoms with Crippen molar-refractivity contribution in [3.8, 4) is 0 Å². The molecule has 3 aromatic carbocycles. The van der Waals surface area contributed by atoms with E-state index in [4.69, 9.17) is 16.6 Å². The van der Waals surface area contributed by atoms with Crippen LogP contribution in [0.5, 0.6) is 0 Å². The fourth-order valence-corrected chi connectivity index (χ4v) is 3.62. The topological polar surface area (TPSA) is 46.9 Å². The summed E-state index contributed by atoms with van der Waals surface area (Å²) in [5, 5.41) is 3.41. The van der Waals surface area contributed by atoms with Crippen LogP contribution in [-0.4, -0.2) is 22.0 Å². The molecule has 1 aromatic heterocycles. The third-order valence-corrected chi connectivity index (χ3v) is 5.28. The maximum atomic E-state index is 12.4. The van der Waals surface area contributed by atoms with Crippen LogP contribution >= 0.6 is 11.6 Å². The first-order chi connectivity index (χ1) is 14.1. The minimum Gasteiger partial charge on any atom is -0.352 e. The van der Waals surface area contributed by atoms with E-state index in [9.17, 15) is 4.79 Å². The normalized spacial score (nSPS) is 11.0. The van der Waals surface area contributed by atoms with E-state index in [1.54, 1.807) is 12.1 Å². The molecule has 0 saturated heterocycles. The van der Waals surface area contributed by atoms with Gasteiger partial charge in [0.25, 0.3) is 5.91 Å². The fourth-order valence-electron chi connectivity index (χ4n) is 3.40. The maximum Gasteiger partial charge on any atom is 0.252 e. The molecule has 29 heavy (non-hydrogen) atoms. The lowest BCUT2D eigenvalue weighted by Crippen LogP contribution is -2.26. The molecule has 1 amide bonds. The average molecular weight is 404 g/mol. The molecule has 0 saturated carbocycles. The SMILES string of the molecule is Cc1ccc(Cn2c(CCNC(=O)c3ccccc3Cl)nc3ccccc32)cc1. The second-order valence-corrected chi connectivity index (χ2v) is 7.48. The zero-order valence-corrected chi connectivity index (χ0v) is 17.0. The Balaban J connectivity index is 1.53. The van der Waals surface area contributed by atoms with E-state index < -0.39 is 0 Å². The molecule has 1 heterocycles. The van der Waals surface area contributed by atoms with Crippen LogP contribution in [0.4, 0.5) is 0 Å². The number of imidazole rings is 1. The molecule has 5 heteroatoms. The molecule has 0 spiro atoms. The Hall–Kier alpha value is -3.11. The van der Waals surface area contributed by atoms with Gasteiger partial charge in [-0.1, -0.05) is 65.7 Å². The van der Waals surface area contributed by atoms with Gasteiger partial charge in [0.15, 0.2) is 0 Å². The van der Waals surface area contributed by atoms with Crippen LogP contribution in [0.25, 0.3) is 11.0 Å². The van der Waals surface area contributed by atoms with Crippen LogP contribution < -0.4 is 5.32 Å². The van der Waals surface area contributed by atoms with Crippen LogP contribution in [0.2, 0.25) is 5.02 Å². The number of halogens is 1. The Morgan fingerprint density at radius 3 is 2.52 bits per heavy atom. The highest BCUT2D eigenvalue weighted by Crippen LogP contribution is 2.19. The molecule has 4 nitrogen and oxygen atoms in total. The van der Waals surface area contributed by atoms with Crippen molar-refractivity contribution in [2.24, 2.45) is 0 Å². The molecular weight excluding hydrogens is 382 g/mol. The summed E-state index contributed by atoms with van der Waals surface area (Å²) >= 11 is 6.12. The molecule has 1 N–H and O–H groups in total. The molecular formula is C24H22ClN3O. The van der Waals surface area contributed by atoms with E-state index in [-0.39, 0.29) is 5.91 Å². The number of nitrogens with one attached hydrogen (secondary N) is 1. The highest BCUT2D eigenvalue weighted by Gasteiger charge is 2.13. The molecule has 0 fully saturated rings. The lowest BCUT2D eigenvalue weighted by atomic mass is 10.1. The van der Waals surface area contributed by atoms with E-state index in [0.717, 1.165) is 23.4 Å². The predicted molar refractivity (Wildman–Crippen MR) is 118 cm³/mol. The molecule has 4 rings (SSSR count). The summed E-state index contributed by atoms with van der Waals surface area (Å²) in [6, 6.07) is 23.7. The largest absolute Gasteiger partial charge is 0.352 e. The molecule has 0 radical (unpaired) electrons. The number of fused-ring (bicyclic) bond motifs is 1. The molecule has 0 aliphatic carbocycles. The number of hydrogen-bond donors (Lipinski definition) is 1. The number of aromatic nitrogens is 2. The minimum atomic E-state index is -0.170. The monoisotopic (exact) mass is 403 g/mol. The fraction of sp³-hybridized carbons (Fsp3) is 0.167. The van der Waals surface area contributed by atoms with Crippen LogP contribution in [0.15, 0.2) is 72.8 Å². The van der Waals surface area contributed by atoms with E-state index in [1.807, 2.05) is 30.3 Å². The average Bonchev–Trinajstić information content (AvgIpc) is 3.07. The van der Waals surface area contributed by atoms with Crippen molar-refractivity contribution < 1.29 is 4.79 Å². The molecule has 0 aliphatic heterocycles. The van der Waals surface area contributed by atoms with Crippen LogP contribution in [0, 0.1) is 6.92 Å². The quantitative estimate of drug-likeness (QED) is 0.491. The summed E-state index contributed by atoms with van der Waals surface area (Å²) in [5.74, 6) is 0.781. The number of amides is 1. The van der Waals surface area contributed by atoms with Gasteiger partial charge in [-0.25, -0.2) is 4.98 Å². The summed E-state index contributed by atoms with van der Waals surface area (Å²) in [4.78, 5) is 17.2. The Labute approximate surface area is 175 Å². The molecule has 0 atom stereocenters. The Morgan fingerprint density at radius 1 is 1.00 bits per heavy atom. The smallest absolute Gasteiger partial charge is 0.252 e. The Morgan fingerprint density at radius 2 is 1.72 bits per heavy atom. The van der Waals surface area contributed by atoms with Crippen molar-refractivity contribution in [2.75, 3.05) is 6.54 Å². The minimum absolute atomic E-state index is 0.170. The van der Waals surface area contributed by atoms with Gasteiger partial charge in [-0.3, -0.25) is 4.79 Å². The number of para-hydroxylation sites is 2. The van der Waals surface area contributed by atoms with Crippen molar-refractivity contribution in [1.82, 2.24) is 14.9 Å². The highest BCUT2D eigenvalue weighted by molar-refractivity contribution is 6.33. The van der Waals surface area contributed by atoms with E-state index in [2.05, 4.69) is 47.1 Å². The molecule has 4 aromatic rings. The first-order valence-electron chi connectivity index (χ1n) is 9.64. The van der Waals surface area contributed by atoms with Gasteiger partial charge < -0.3 is 9.88 Å². The number of carbonyl (C=O) groups excluding carboxylic acids is 1. The van der Waals surface area contributed by atoms with Crippen LogP contribution in [0.1, 0.15) is 27.3 Å². The van der Waals surface area contributed by atoms with Crippen LogP contribution in [-0.2, 0) is 13.0 Å². The number of rotatable bonds is 6. The second-order valence-electron chi connectivity index (χ2n) is 7.07. The molecule has 0 unspecified atom stereocenters. The standard InChI is InChI=1S/C24H22ClN3O/c1-17-10-12-18(13-11-17)16-28-22-9-5-4-8-21(22)27-23(28)14-15-26-24(29)19-6-2-3-7-20(19)25/h2-13H,14-16H2,1H3,(H,26,29). The van der Waals surface area contributed by atoms with Crippen molar-refractivity contribution in [3.05, 3.63) is 100 Å². The first kappa shape index (κ1) is 19.2. The Bertz CT molecular complexity index is 1150. The molecule has 0 aliphatic rings. The highest BCUT2D eigenvalue weighted by atomic mass is 35.5. The van der Waals surface area contributed by atoms with Gasteiger partial charge >= 0.3 is 0 Å². The number of carbonyl (C=O) groups is 1. The molecule has 146 valence electrons. The van der Waals surface area contributed by atoms with Gasteiger partial charge in [0.2, 0.25) is 0 Å². The lowest BCUT2D eigenvalue weighted by Gasteiger charge is -2.11.